The van der Waals surface area contributed by atoms with E-state index in [2.05, 4.69) is 34.4 Å². The Bertz CT molecular complexity index is 481. The molecule has 0 bridgehead atoms. The van der Waals surface area contributed by atoms with Crippen LogP contribution in [0.15, 0.2) is 4.99 Å². The summed E-state index contributed by atoms with van der Waals surface area (Å²) in [6.07, 6.45) is 8.16. The van der Waals surface area contributed by atoms with Crippen molar-refractivity contribution in [2.45, 2.75) is 64.0 Å². The fourth-order valence-corrected chi connectivity index (χ4v) is 4.43. The van der Waals surface area contributed by atoms with E-state index >= 15 is 0 Å². The molecule has 3 fully saturated rings. The van der Waals surface area contributed by atoms with Gasteiger partial charge in [-0.3, -0.25) is 9.79 Å². The number of nitrogens with one attached hydrogen (secondary N) is 2. The van der Waals surface area contributed by atoms with Gasteiger partial charge < -0.3 is 20.4 Å². The highest BCUT2D eigenvalue weighted by atomic mass is 127. The smallest absolute Gasteiger partial charge is 0.225 e. The van der Waals surface area contributed by atoms with Gasteiger partial charge in [-0.2, -0.15) is 0 Å². The molecule has 2 aliphatic heterocycles. The molecule has 2 heterocycles. The second-order valence-corrected chi connectivity index (χ2v) is 7.89. The molecule has 0 aromatic heterocycles. The number of nitrogens with zero attached hydrogens (tertiary/aromatic N) is 3. The molecule has 1 aliphatic carbocycles. The molecule has 26 heavy (non-hydrogen) atoms. The molecule has 2 N–H and O–H groups in total. The lowest BCUT2D eigenvalue weighted by Crippen LogP contribution is -2.46. The van der Waals surface area contributed by atoms with Crippen LogP contribution >= 0.6 is 24.0 Å². The summed E-state index contributed by atoms with van der Waals surface area (Å²) in [7, 11) is 2.19. The van der Waals surface area contributed by atoms with E-state index in [1.165, 1.54) is 32.2 Å². The second kappa shape index (κ2) is 10.7. The molecule has 0 aromatic carbocycles. The summed E-state index contributed by atoms with van der Waals surface area (Å²) in [5.74, 6) is 1.58. The first kappa shape index (κ1) is 21.7. The van der Waals surface area contributed by atoms with Crippen molar-refractivity contribution in [3.8, 4) is 0 Å². The van der Waals surface area contributed by atoms with E-state index in [0.29, 0.717) is 23.9 Å². The predicted molar refractivity (Wildman–Crippen MR) is 117 cm³/mol. The van der Waals surface area contributed by atoms with Crippen LogP contribution in [0.2, 0.25) is 0 Å². The van der Waals surface area contributed by atoms with Crippen LogP contribution in [0, 0.1) is 5.92 Å². The SMILES string of the molecule is CCNC(=NCC1CCCN1C)NC1CCN(C(=O)C2CCCC2)C1.I. The first-order chi connectivity index (χ1) is 12.2. The van der Waals surface area contributed by atoms with Crippen molar-refractivity contribution in [3.63, 3.8) is 0 Å². The maximum absolute atomic E-state index is 12.6. The van der Waals surface area contributed by atoms with Crippen molar-refractivity contribution < 1.29 is 4.79 Å². The van der Waals surface area contributed by atoms with E-state index in [1.54, 1.807) is 0 Å². The largest absolute Gasteiger partial charge is 0.357 e. The van der Waals surface area contributed by atoms with E-state index in [4.69, 9.17) is 4.99 Å². The number of rotatable bonds is 5. The third-order valence-corrected chi connectivity index (χ3v) is 6.02. The number of carbonyl (C=O) groups excluding carboxylic acids is 1. The van der Waals surface area contributed by atoms with Gasteiger partial charge in [0, 0.05) is 37.6 Å². The van der Waals surface area contributed by atoms with Gasteiger partial charge in [0.15, 0.2) is 5.96 Å². The predicted octanol–water partition coefficient (Wildman–Crippen LogP) is 2.04. The van der Waals surface area contributed by atoms with Gasteiger partial charge in [0.2, 0.25) is 5.91 Å². The summed E-state index contributed by atoms with van der Waals surface area (Å²) < 4.78 is 0. The Morgan fingerprint density at radius 3 is 2.54 bits per heavy atom. The molecular formula is C19H36IN5O. The highest BCUT2D eigenvalue weighted by Gasteiger charge is 2.32. The fourth-order valence-electron chi connectivity index (χ4n) is 4.43. The lowest BCUT2D eigenvalue weighted by molar-refractivity contribution is -0.134. The highest BCUT2D eigenvalue weighted by Crippen LogP contribution is 2.27. The molecule has 3 rings (SSSR count). The van der Waals surface area contributed by atoms with Gasteiger partial charge in [0.25, 0.3) is 0 Å². The van der Waals surface area contributed by atoms with Gasteiger partial charge in [-0.1, -0.05) is 12.8 Å². The number of likely N-dealkylation sites (tertiary alicyclic amines) is 2. The maximum Gasteiger partial charge on any atom is 0.225 e. The Hall–Kier alpha value is -0.570. The zero-order valence-corrected chi connectivity index (χ0v) is 18.7. The number of hydrogen-bond donors (Lipinski definition) is 2. The molecule has 0 radical (unpaired) electrons. The van der Waals surface area contributed by atoms with Crippen LogP contribution < -0.4 is 10.6 Å². The average molecular weight is 477 g/mol. The number of guanidine groups is 1. The normalized spacial score (nSPS) is 27.6. The van der Waals surface area contributed by atoms with Crippen LogP contribution in [0.25, 0.3) is 0 Å². The molecule has 2 saturated heterocycles. The standard InChI is InChI=1S/C19H35N5O.HI/c1-3-20-19(21-13-17-9-6-11-23(17)2)22-16-10-12-24(14-16)18(25)15-7-4-5-8-15;/h15-17H,3-14H2,1-2H3,(H2,20,21,22);1H. The number of amides is 1. The zero-order chi connectivity index (χ0) is 17.6. The molecule has 2 unspecified atom stereocenters. The minimum absolute atomic E-state index is 0. The van der Waals surface area contributed by atoms with Crippen LogP contribution in [-0.4, -0.2) is 73.5 Å². The van der Waals surface area contributed by atoms with Crippen molar-refractivity contribution >= 4 is 35.8 Å². The molecule has 150 valence electrons. The van der Waals surface area contributed by atoms with Crippen LogP contribution in [0.1, 0.15) is 51.9 Å². The number of halogens is 1. The van der Waals surface area contributed by atoms with Crippen molar-refractivity contribution in [2.24, 2.45) is 10.9 Å². The van der Waals surface area contributed by atoms with Crippen LogP contribution in [0.5, 0.6) is 0 Å². The Kier molecular flexibility index (Phi) is 8.93. The first-order valence-electron chi connectivity index (χ1n) is 10.2. The lowest BCUT2D eigenvalue weighted by atomic mass is 10.1. The summed E-state index contributed by atoms with van der Waals surface area (Å²) in [4.78, 5) is 21.9. The summed E-state index contributed by atoms with van der Waals surface area (Å²) in [5, 5.41) is 6.92. The molecule has 7 heteroatoms. The summed E-state index contributed by atoms with van der Waals surface area (Å²) in [5.41, 5.74) is 0. The van der Waals surface area contributed by atoms with Gasteiger partial charge >= 0.3 is 0 Å². The number of likely N-dealkylation sites (N-methyl/N-ethyl adjacent to an activating group) is 1. The Morgan fingerprint density at radius 1 is 1.12 bits per heavy atom. The Balaban J connectivity index is 0.00000243. The molecule has 0 aromatic rings. The minimum Gasteiger partial charge on any atom is -0.357 e. The van der Waals surface area contributed by atoms with E-state index in [-0.39, 0.29) is 24.0 Å². The second-order valence-electron chi connectivity index (χ2n) is 7.89. The number of hydrogen-bond acceptors (Lipinski definition) is 3. The Labute approximate surface area is 175 Å². The summed E-state index contributed by atoms with van der Waals surface area (Å²) in [6.45, 7) is 6.71. The fraction of sp³-hybridized carbons (Fsp3) is 0.895. The quantitative estimate of drug-likeness (QED) is 0.362. The van der Waals surface area contributed by atoms with Gasteiger partial charge in [0.05, 0.1) is 6.54 Å². The monoisotopic (exact) mass is 477 g/mol. The molecule has 2 atom stereocenters. The van der Waals surface area contributed by atoms with Crippen molar-refractivity contribution in [3.05, 3.63) is 0 Å². The topological polar surface area (TPSA) is 60.0 Å². The van der Waals surface area contributed by atoms with Gasteiger partial charge in [-0.05, 0) is 52.6 Å². The van der Waals surface area contributed by atoms with E-state index < -0.39 is 0 Å². The lowest BCUT2D eigenvalue weighted by Gasteiger charge is -2.22. The average Bonchev–Trinajstić information content (AvgIpc) is 3.35. The molecule has 1 saturated carbocycles. The summed E-state index contributed by atoms with van der Waals surface area (Å²) >= 11 is 0. The Morgan fingerprint density at radius 2 is 1.88 bits per heavy atom. The maximum atomic E-state index is 12.6. The van der Waals surface area contributed by atoms with E-state index in [9.17, 15) is 4.79 Å². The molecule has 0 spiro atoms. The third-order valence-electron chi connectivity index (χ3n) is 6.02. The molecule has 6 nitrogen and oxygen atoms in total. The first-order valence-corrected chi connectivity index (χ1v) is 10.2. The van der Waals surface area contributed by atoms with Gasteiger partial charge in [-0.15, -0.1) is 24.0 Å². The number of aliphatic imine (C=N–C) groups is 1. The molecule has 1 amide bonds. The summed E-state index contributed by atoms with van der Waals surface area (Å²) in [6, 6.07) is 0.893. The van der Waals surface area contributed by atoms with Crippen molar-refractivity contribution in [2.75, 3.05) is 39.8 Å². The van der Waals surface area contributed by atoms with Crippen LogP contribution in [0.4, 0.5) is 0 Å². The minimum atomic E-state index is 0. The van der Waals surface area contributed by atoms with Crippen molar-refractivity contribution in [1.29, 1.82) is 0 Å². The van der Waals surface area contributed by atoms with Gasteiger partial charge in [-0.25, -0.2) is 0 Å². The van der Waals surface area contributed by atoms with Crippen molar-refractivity contribution in [1.82, 2.24) is 20.4 Å². The van der Waals surface area contributed by atoms with Crippen LogP contribution in [-0.2, 0) is 4.79 Å². The molecular weight excluding hydrogens is 441 g/mol. The molecule has 3 aliphatic rings. The van der Waals surface area contributed by atoms with E-state index in [0.717, 1.165) is 51.4 Å². The third kappa shape index (κ3) is 5.71. The zero-order valence-electron chi connectivity index (χ0n) is 16.4. The highest BCUT2D eigenvalue weighted by molar-refractivity contribution is 14.0. The van der Waals surface area contributed by atoms with Crippen LogP contribution in [0.3, 0.4) is 0 Å². The van der Waals surface area contributed by atoms with Gasteiger partial charge in [0.1, 0.15) is 0 Å². The van der Waals surface area contributed by atoms with E-state index in [1.807, 2.05) is 0 Å². The number of carbonyl (C=O) groups is 1.